The van der Waals surface area contributed by atoms with Gasteiger partial charge in [0.15, 0.2) is 6.29 Å². The van der Waals surface area contributed by atoms with Gasteiger partial charge in [-0.1, -0.05) is 26.8 Å². The van der Waals surface area contributed by atoms with Gasteiger partial charge < -0.3 is 24.4 Å². The highest BCUT2D eigenvalue weighted by atomic mass is 16.7. The monoisotopic (exact) mass is 406 g/mol. The Hall–Kier alpha value is -0.950. The van der Waals surface area contributed by atoms with Gasteiger partial charge in [-0.15, -0.1) is 0 Å². The van der Waals surface area contributed by atoms with Crippen LogP contribution in [-0.2, 0) is 19.0 Å². The highest BCUT2D eigenvalue weighted by Gasteiger charge is 2.82. The molecule has 10 atom stereocenters. The van der Waals surface area contributed by atoms with Gasteiger partial charge in [-0.3, -0.25) is 4.79 Å². The fraction of sp³-hybridized carbons (Fsp3) is 0.870. The van der Waals surface area contributed by atoms with E-state index in [2.05, 4.69) is 20.4 Å². The summed E-state index contributed by atoms with van der Waals surface area (Å²) in [6, 6.07) is 0. The number of ether oxygens (including phenoxy) is 3. The maximum Gasteiger partial charge on any atom is 0.302 e. The number of rotatable bonds is 2. The van der Waals surface area contributed by atoms with Gasteiger partial charge in [0.2, 0.25) is 0 Å². The van der Waals surface area contributed by atoms with E-state index in [1.807, 2.05) is 0 Å². The third-order valence-electron chi connectivity index (χ3n) is 9.46. The fourth-order valence-electron chi connectivity index (χ4n) is 8.70. The number of esters is 1. The summed E-state index contributed by atoms with van der Waals surface area (Å²) in [5.74, 6) is -0.506. The van der Waals surface area contributed by atoms with Crippen LogP contribution in [0, 0.1) is 34.0 Å². The number of aliphatic hydroxyl groups excluding tert-OH is 2. The van der Waals surface area contributed by atoms with E-state index >= 15 is 0 Å². The molecule has 0 radical (unpaired) electrons. The van der Waals surface area contributed by atoms with Crippen LogP contribution < -0.4 is 0 Å². The Kier molecular flexibility index (Phi) is 4.17. The molecule has 29 heavy (non-hydrogen) atoms. The Morgan fingerprint density at radius 3 is 2.62 bits per heavy atom. The topological polar surface area (TPSA) is 85.2 Å². The summed E-state index contributed by atoms with van der Waals surface area (Å²) >= 11 is 0. The predicted molar refractivity (Wildman–Crippen MR) is 105 cm³/mol. The van der Waals surface area contributed by atoms with Crippen LogP contribution >= 0.6 is 0 Å². The average Bonchev–Trinajstić information content (AvgIpc) is 2.77. The minimum atomic E-state index is -0.890. The Bertz CT molecular complexity index is 748. The maximum atomic E-state index is 12.1. The quantitative estimate of drug-likeness (QED) is 0.541. The van der Waals surface area contributed by atoms with Crippen molar-refractivity contribution in [2.24, 2.45) is 34.0 Å². The molecule has 2 aliphatic heterocycles. The van der Waals surface area contributed by atoms with Crippen LogP contribution in [0.4, 0.5) is 0 Å². The second-order valence-corrected chi connectivity index (χ2v) is 10.8. The lowest BCUT2D eigenvalue weighted by molar-refractivity contribution is -0.414. The summed E-state index contributed by atoms with van der Waals surface area (Å²) in [5, 5.41) is 23.0. The highest BCUT2D eigenvalue weighted by Crippen LogP contribution is 2.76. The van der Waals surface area contributed by atoms with Crippen molar-refractivity contribution in [3.63, 3.8) is 0 Å². The van der Waals surface area contributed by atoms with Gasteiger partial charge in [0.1, 0.15) is 6.10 Å². The first-order chi connectivity index (χ1) is 13.6. The SMILES string of the molecule is C=C1[C@@H](O)[C@]23[C@H](O)[C@H]1C[C@H](OC(C)=O)[C@H]2[C@]12CCCC(C)(C)[C@H]1C[C@H]3OC2OC. The summed E-state index contributed by atoms with van der Waals surface area (Å²) < 4.78 is 18.4. The Labute approximate surface area is 172 Å². The number of carbonyl (C=O) groups excluding carboxylic acids is 1. The van der Waals surface area contributed by atoms with E-state index in [1.165, 1.54) is 6.92 Å². The van der Waals surface area contributed by atoms with Crippen LogP contribution in [-0.4, -0.2) is 54.0 Å². The van der Waals surface area contributed by atoms with Gasteiger partial charge in [0.05, 0.1) is 23.7 Å². The van der Waals surface area contributed by atoms with E-state index < -0.39 is 29.3 Å². The summed E-state index contributed by atoms with van der Waals surface area (Å²) in [7, 11) is 1.68. The zero-order valence-electron chi connectivity index (χ0n) is 17.9. The van der Waals surface area contributed by atoms with Crippen molar-refractivity contribution in [1.82, 2.24) is 0 Å². The van der Waals surface area contributed by atoms with Crippen molar-refractivity contribution >= 4 is 5.97 Å². The molecule has 6 rings (SSSR count). The van der Waals surface area contributed by atoms with E-state index in [-0.39, 0.29) is 35.4 Å². The molecule has 2 saturated heterocycles. The first-order valence-corrected chi connectivity index (χ1v) is 11.0. The number of hydrogen-bond donors (Lipinski definition) is 2. The van der Waals surface area contributed by atoms with Gasteiger partial charge in [-0.2, -0.15) is 0 Å². The molecule has 0 aromatic heterocycles. The standard InChI is InChI=1S/C23H34O6/c1-11-13-9-14(28-12(2)24)17-22-8-6-7-21(3,4)15(22)10-16(29-20(22)27-5)23(17,18(11)25)19(13)26/h13-20,25-26H,1,6-10H2,2-5H3/t13-,14-,15+,16+,17-,18+,19+,20?,22-,23+/m0/s1. The number of aliphatic hydroxyl groups is 2. The summed E-state index contributed by atoms with van der Waals surface area (Å²) in [5.41, 5.74) is -0.561. The first-order valence-electron chi connectivity index (χ1n) is 11.0. The lowest BCUT2D eigenvalue weighted by atomic mass is 9.37. The second kappa shape index (κ2) is 6.06. The molecule has 6 aliphatic rings. The van der Waals surface area contributed by atoms with Gasteiger partial charge in [0.25, 0.3) is 0 Å². The van der Waals surface area contributed by atoms with Crippen molar-refractivity contribution in [2.75, 3.05) is 7.11 Å². The molecule has 0 aromatic carbocycles. The molecule has 4 saturated carbocycles. The van der Waals surface area contributed by atoms with E-state index in [0.29, 0.717) is 17.9 Å². The number of hydrogen-bond acceptors (Lipinski definition) is 6. The zero-order valence-corrected chi connectivity index (χ0v) is 17.9. The third kappa shape index (κ3) is 2.14. The van der Waals surface area contributed by atoms with Crippen molar-refractivity contribution in [3.8, 4) is 0 Å². The predicted octanol–water partition coefficient (Wildman–Crippen LogP) is 2.42. The smallest absolute Gasteiger partial charge is 0.302 e. The van der Waals surface area contributed by atoms with Gasteiger partial charge >= 0.3 is 5.97 Å². The maximum absolute atomic E-state index is 12.1. The van der Waals surface area contributed by atoms with Crippen molar-refractivity contribution in [2.45, 2.75) is 83.6 Å². The molecule has 4 aliphatic carbocycles. The van der Waals surface area contributed by atoms with Gasteiger partial charge in [-0.25, -0.2) is 0 Å². The lowest BCUT2D eigenvalue weighted by Crippen LogP contribution is -2.79. The third-order valence-corrected chi connectivity index (χ3v) is 9.46. The van der Waals surface area contributed by atoms with Gasteiger partial charge in [0, 0.05) is 31.3 Å². The van der Waals surface area contributed by atoms with Crippen LogP contribution in [0.15, 0.2) is 12.2 Å². The van der Waals surface area contributed by atoms with E-state index in [4.69, 9.17) is 14.2 Å². The second-order valence-electron chi connectivity index (χ2n) is 10.8. The molecule has 2 spiro atoms. The zero-order chi connectivity index (χ0) is 20.9. The van der Waals surface area contributed by atoms with Crippen molar-refractivity contribution in [1.29, 1.82) is 0 Å². The molecule has 6 fully saturated rings. The summed E-state index contributed by atoms with van der Waals surface area (Å²) in [4.78, 5) is 12.1. The molecule has 1 unspecified atom stereocenters. The van der Waals surface area contributed by atoms with Crippen LogP contribution in [0.25, 0.3) is 0 Å². The molecule has 0 aromatic rings. The highest BCUT2D eigenvalue weighted by molar-refractivity contribution is 5.66. The lowest BCUT2D eigenvalue weighted by Gasteiger charge is -2.73. The number of methoxy groups -OCH3 is 1. The molecule has 4 bridgehead atoms. The summed E-state index contributed by atoms with van der Waals surface area (Å²) in [6.07, 6.45) is 1.55. The fourth-order valence-corrected chi connectivity index (χ4v) is 8.70. The number of carbonyl (C=O) groups is 1. The minimum Gasteiger partial charge on any atom is -0.462 e. The molecule has 162 valence electrons. The van der Waals surface area contributed by atoms with Crippen LogP contribution in [0.3, 0.4) is 0 Å². The molecule has 0 amide bonds. The summed E-state index contributed by atoms with van der Waals surface area (Å²) in [6.45, 7) is 10.2. The van der Waals surface area contributed by atoms with Crippen LogP contribution in [0.5, 0.6) is 0 Å². The number of fused-ring (bicyclic) bond motifs is 2. The molecule has 6 nitrogen and oxygen atoms in total. The molecular formula is C23H34O6. The molecule has 6 heteroatoms. The van der Waals surface area contributed by atoms with E-state index in [1.54, 1.807) is 7.11 Å². The van der Waals surface area contributed by atoms with E-state index in [9.17, 15) is 15.0 Å². The van der Waals surface area contributed by atoms with Crippen molar-refractivity contribution in [3.05, 3.63) is 12.2 Å². The Balaban J connectivity index is 1.75. The van der Waals surface area contributed by atoms with E-state index in [0.717, 1.165) is 25.7 Å². The van der Waals surface area contributed by atoms with Crippen LogP contribution in [0.2, 0.25) is 0 Å². The van der Waals surface area contributed by atoms with Crippen LogP contribution in [0.1, 0.15) is 52.9 Å². The molecular weight excluding hydrogens is 372 g/mol. The largest absolute Gasteiger partial charge is 0.462 e. The molecule has 2 heterocycles. The molecule has 2 N–H and O–H groups in total. The van der Waals surface area contributed by atoms with Gasteiger partial charge in [-0.05, 0) is 42.6 Å². The van der Waals surface area contributed by atoms with Crippen molar-refractivity contribution < 1.29 is 29.2 Å². The Morgan fingerprint density at radius 1 is 1.24 bits per heavy atom. The normalized spacial score (nSPS) is 54.6. The Morgan fingerprint density at radius 2 is 1.97 bits per heavy atom. The minimum absolute atomic E-state index is 0.0851. The average molecular weight is 407 g/mol. The first kappa shape index (κ1) is 20.0.